The molecule has 0 radical (unpaired) electrons. The summed E-state index contributed by atoms with van der Waals surface area (Å²) < 4.78 is 5.46. The van der Waals surface area contributed by atoms with Crippen LogP contribution >= 0.6 is 35.3 Å². The third kappa shape index (κ3) is 5.86. The lowest BCUT2D eigenvalue weighted by molar-refractivity contribution is 0.0177. The van der Waals surface area contributed by atoms with Crippen LogP contribution in [0.25, 0.3) is 0 Å². The molecule has 1 aromatic rings. The van der Waals surface area contributed by atoms with Crippen LogP contribution in [-0.2, 0) is 4.74 Å². The van der Waals surface area contributed by atoms with E-state index in [-0.39, 0.29) is 24.0 Å². The number of aliphatic imine (C=N–C) groups is 1. The highest BCUT2D eigenvalue weighted by Gasteiger charge is 2.23. The van der Waals surface area contributed by atoms with E-state index in [9.17, 15) is 0 Å². The Morgan fingerprint density at radius 3 is 2.86 bits per heavy atom. The highest BCUT2D eigenvalue weighted by atomic mass is 127. The van der Waals surface area contributed by atoms with Crippen LogP contribution in [0.5, 0.6) is 0 Å². The average molecular weight is 436 g/mol. The largest absolute Gasteiger partial charge is 0.379 e. The van der Waals surface area contributed by atoms with Crippen LogP contribution in [0, 0.1) is 0 Å². The molecule has 2 rings (SSSR count). The summed E-state index contributed by atoms with van der Waals surface area (Å²) in [5.41, 5.74) is 0. The number of morpholine rings is 1. The van der Waals surface area contributed by atoms with Crippen molar-refractivity contribution in [3.05, 3.63) is 35.0 Å². The molecule has 22 heavy (non-hydrogen) atoms. The van der Waals surface area contributed by atoms with Gasteiger partial charge in [-0.1, -0.05) is 12.1 Å². The minimum absolute atomic E-state index is 0. The highest BCUT2D eigenvalue weighted by molar-refractivity contribution is 14.0. The van der Waals surface area contributed by atoms with Crippen LogP contribution < -0.4 is 10.6 Å². The third-order valence-electron chi connectivity index (χ3n) is 3.46. The fourth-order valence-corrected chi connectivity index (χ4v) is 3.22. The van der Waals surface area contributed by atoms with E-state index in [4.69, 9.17) is 4.74 Å². The molecule has 1 aliphatic rings. The zero-order valence-corrected chi connectivity index (χ0v) is 16.1. The normalized spacial score (nSPS) is 17.4. The third-order valence-corrected chi connectivity index (χ3v) is 4.43. The van der Waals surface area contributed by atoms with Crippen molar-refractivity contribution in [3.63, 3.8) is 0 Å². The van der Waals surface area contributed by atoms with Crippen molar-refractivity contribution < 1.29 is 4.74 Å². The number of nitrogens with zero attached hydrogens (tertiary/aromatic N) is 2. The lowest BCUT2D eigenvalue weighted by atomic mass is 10.2. The van der Waals surface area contributed by atoms with Crippen LogP contribution in [0.4, 0.5) is 0 Å². The first-order chi connectivity index (χ1) is 10.3. The number of rotatable bonds is 6. The highest BCUT2D eigenvalue weighted by Crippen LogP contribution is 2.25. The maximum atomic E-state index is 5.46. The molecule has 2 N–H and O–H groups in total. The van der Waals surface area contributed by atoms with Gasteiger partial charge in [-0.05, 0) is 11.4 Å². The molecule has 1 aliphatic heterocycles. The summed E-state index contributed by atoms with van der Waals surface area (Å²) in [4.78, 5) is 8.08. The van der Waals surface area contributed by atoms with Gasteiger partial charge in [0.15, 0.2) is 5.96 Å². The summed E-state index contributed by atoms with van der Waals surface area (Å²) in [7, 11) is 1.79. The fourth-order valence-electron chi connectivity index (χ4n) is 2.36. The van der Waals surface area contributed by atoms with Crippen molar-refractivity contribution in [2.45, 2.75) is 6.04 Å². The van der Waals surface area contributed by atoms with Crippen molar-refractivity contribution in [1.29, 1.82) is 0 Å². The summed E-state index contributed by atoms with van der Waals surface area (Å²) in [5.74, 6) is 0.810. The monoisotopic (exact) mass is 436 g/mol. The predicted molar refractivity (Wildman–Crippen MR) is 104 cm³/mol. The maximum Gasteiger partial charge on any atom is 0.191 e. The second-order valence-electron chi connectivity index (χ2n) is 4.80. The summed E-state index contributed by atoms with van der Waals surface area (Å²) in [6.07, 6.45) is 1.82. The molecule has 124 valence electrons. The summed E-state index contributed by atoms with van der Waals surface area (Å²) in [5, 5.41) is 8.74. The van der Waals surface area contributed by atoms with Crippen molar-refractivity contribution in [2.75, 3.05) is 46.4 Å². The maximum absolute atomic E-state index is 5.46. The number of nitrogens with one attached hydrogen (secondary N) is 2. The van der Waals surface area contributed by atoms with Crippen LogP contribution in [0.3, 0.4) is 0 Å². The fraction of sp³-hybridized carbons (Fsp3) is 0.533. The number of guanidine groups is 1. The SMILES string of the molecule is C=CCNC(=NC)NCC(c1cccs1)N1CCOCC1.I. The molecule has 1 atom stereocenters. The van der Waals surface area contributed by atoms with E-state index in [2.05, 4.69) is 44.6 Å². The molecule has 0 saturated carbocycles. The number of thiophene rings is 1. The van der Waals surface area contributed by atoms with Gasteiger partial charge in [-0.25, -0.2) is 0 Å². The summed E-state index contributed by atoms with van der Waals surface area (Å²) in [6, 6.07) is 4.67. The predicted octanol–water partition coefficient (Wildman–Crippen LogP) is 2.09. The topological polar surface area (TPSA) is 48.9 Å². The first kappa shape index (κ1) is 19.4. The van der Waals surface area contributed by atoms with E-state index in [1.54, 1.807) is 18.4 Å². The zero-order chi connectivity index (χ0) is 14.9. The summed E-state index contributed by atoms with van der Waals surface area (Å²) in [6.45, 7) is 8.82. The molecule has 0 bridgehead atoms. The number of ether oxygens (including phenoxy) is 1. The molecule has 1 aromatic heterocycles. The molecule has 1 unspecified atom stereocenters. The Bertz CT molecular complexity index is 446. The quantitative estimate of drug-likeness (QED) is 0.311. The van der Waals surface area contributed by atoms with Crippen LogP contribution in [0.2, 0.25) is 0 Å². The second-order valence-corrected chi connectivity index (χ2v) is 5.78. The van der Waals surface area contributed by atoms with Crippen molar-refractivity contribution in [3.8, 4) is 0 Å². The lowest BCUT2D eigenvalue weighted by Gasteiger charge is -2.34. The summed E-state index contributed by atoms with van der Waals surface area (Å²) >= 11 is 1.80. The molecule has 7 heteroatoms. The average Bonchev–Trinajstić information content (AvgIpc) is 3.06. The Labute approximate surface area is 153 Å². The van der Waals surface area contributed by atoms with E-state index in [1.807, 2.05) is 6.08 Å². The molecular weight excluding hydrogens is 411 g/mol. The molecule has 0 spiro atoms. The van der Waals surface area contributed by atoms with E-state index < -0.39 is 0 Å². The molecule has 0 aliphatic carbocycles. The van der Waals surface area contributed by atoms with E-state index >= 15 is 0 Å². The smallest absolute Gasteiger partial charge is 0.191 e. The molecule has 1 saturated heterocycles. The van der Waals surface area contributed by atoms with Gasteiger partial charge in [-0.15, -0.1) is 41.9 Å². The van der Waals surface area contributed by atoms with Crippen LogP contribution in [-0.4, -0.2) is 57.3 Å². The Morgan fingerprint density at radius 1 is 1.50 bits per heavy atom. The first-order valence-corrected chi connectivity index (χ1v) is 8.13. The van der Waals surface area contributed by atoms with Gasteiger partial charge in [0.2, 0.25) is 0 Å². The van der Waals surface area contributed by atoms with Gasteiger partial charge < -0.3 is 15.4 Å². The van der Waals surface area contributed by atoms with Gasteiger partial charge in [0.1, 0.15) is 0 Å². The van der Waals surface area contributed by atoms with Gasteiger partial charge in [-0.3, -0.25) is 9.89 Å². The Hall–Kier alpha value is -0.640. The lowest BCUT2D eigenvalue weighted by Crippen LogP contribution is -2.46. The van der Waals surface area contributed by atoms with Gasteiger partial charge in [0.25, 0.3) is 0 Å². The first-order valence-electron chi connectivity index (χ1n) is 7.25. The van der Waals surface area contributed by atoms with E-state index in [0.29, 0.717) is 12.6 Å². The van der Waals surface area contributed by atoms with Crippen molar-refractivity contribution in [1.82, 2.24) is 15.5 Å². The minimum atomic E-state index is 0. The van der Waals surface area contributed by atoms with Gasteiger partial charge in [-0.2, -0.15) is 0 Å². The zero-order valence-electron chi connectivity index (χ0n) is 13.0. The standard InChI is InChI=1S/C15H24N4OS.HI/c1-3-6-17-15(16-2)18-12-13(14-5-4-11-21-14)19-7-9-20-10-8-19;/h3-5,11,13H,1,6-10,12H2,2H3,(H2,16,17,18);1H. The van der Waals surface area contributed by atoms with Gasteiger partial charge in [0.05, 0.1) is 19.3 Å². The molecule has 0 aromatic carbocycles. The Morgan fingerprint density at radius 2 is 2.27 bits per heavy atom. The molecular formula is C15H25IN4OS. The number of halogens is 1. The van der Waals surface area contributed by atoms with Crippen LogP contribution in [0.1, 0.15) is 10.9 Å². The molecule has 1 fully saturated rings. The number of hydrogen-bond acceptors (Lipinski definition) is 4. The Kier molecular flexibility index (Phi) is 9.69. The molecule has 0 amide bonds. The van der Waals surface area contributed by atoms with Crippen LogP contribution in [0.15, 0.2) is 35.2 Å². The van der Waals surface area contributed by atoms with Crippen molar-refractivity contribution in [2.24, 2.45) is 4.99 Å². The second kappa shape index (κ2) is 11.0. The number of hydrogen-bond donors (Lipinski definition) is 2. The van der Waals surface area contributed by atoms with Gasteiger partial charge in [0, 0.05) is 38.1 Å². The van der Waals surface area contributed by atoms with Gasteiger partial charge >= 0.3 is 0 Å². The Balaban J connectivity index is 0.00000242. The van der Waals surface area contributed by atoms with E-state index in [0.717, 1.165) is 38.8 Å². The van der Waals surface area contributed by atoms with Crippen molar-refractivity contribution >= 4 is 41.3 Å². The minimum Gasteiger partial charge on any atom is -0.379 e. The molecule has 2 heterocycles. The van der Waals surface area contributed by atoms with E-state index in [1.165, 1.54) is 4.88 Å². The molecule has 5 nitrogen and oxygen atoms in total.